The molecule has 3 N–H and O–H groups in total. The number of amides is 2. The van der Waals surface area contributed by atoms with Crippen LogP contribution in [-0.2, 0) is 10.3 Å². The van der Waals surface area contributed by atoms with Crippen molar-refractivity contribution in [3.8, 4) is 0 Å². The van der Waals surface area contributed by atoms with Crippen LogP contribution < -0.4 is 10.6 Å². The van der Waals surface area contributed by atoms with E-state index in [1.165, 1.54) is 11.3 Å². The van der Waals surface area contributed by atoms with Gasteiger partial charge in [0, 0.05) is 18.1 Å². The van der Waals surface area contributed by atoms with Crippen LogP contribution in [0.2, 0.25) is 0 Å². The molecule has 0 spiro atoms. The SMILES string of the molecule is CCCC(CNC(=O)NC(C)(C)c1nccs1)C(=O)O. The molecular formula is C13H21N3O3S. The molecule has 1 unspecified atom stereocenters. The molecule has 0 aliphatic rings. The van der Waals surface area contributed by atoms with Crippen LogP contribution in [0.25, 0.3) is 0 Å². The number of aliphatic carboxylic acids is 1. The number of nitrogens with one attached hydrogen (secondary N) is 2. The number of rotatable bonds is 7. The molecule has 7 heteroatoms. The van der Waals surface area contributed by atoms with Crippen molar-refractivity contribution in [3.05, 3.63) is 16.6 Å². The van der Waals surface area contributed by atoms with Crippen molar-refractivity contribution >= 4 is 23.3 Å². The lowest BCUT2D eigenvalue weighted by Gasteiger charge is -2.24. The monoisotopic (exact) mass is 299 g/mol. The predicted molar refractivity (Wildman–Crippen MR) is 77.7 cm³/mol. The van der Waals surface area contributed by atoms with Crippen LogP contribution in [0.1, 0.15) is 38.6 Å². The first-order chi connectivity index (χ1) is 9.36. The minimum atomic E-state index is -0.883. The van der Waals surface area contributed by atoms with Gasteiger partial charge in [0.25, 0.3) is 0 Å². The first-order valence-corrected chi connectivity index (χ1v) is 7.43. The van der Waals surface area contributed by atoms with Gasteiger partial charge in [-0.15, -0.1) is 11.3 Å². The van der Waals surface area contributed by atoms with Crippen LogP contribution >= 0.6 is 11.3 Å². The van der Waals surface area contributed by atoms with Crippen LogP contribution in [0.4, 0.5) is 4.79 Å². The van der Waals surface area contributed by atoms with Crippen LogP contribution in [0, 0.1) is 5.92 Å². The number of carboxylic acid groups (broad SMARTS) is 1. The van der Waals surface area contributed by atoms with E-state index < -0.39 is 17.4 Å². The molecule has 0 aromatic carbocycles. The molecule has 2 amide bonds. The molecule has 0 saturated carbocycles. The van der Waals surface area contributed by atoms with Gasteiger partial charge < -0.3 is 15.7 Å². The Morgan fingerprint density at radius 3 is 2.70 bits per heavy atom. The predicted octanol–water partition coefficient (Wildman–Crippen LogP) is 2.18. The second-order valence-corrected chi connectivity index (χ2v) is 6.02. The summed E-state index contributed by atoms with van der Waals surface area (Å²) in [7, 11) is 0. The van der Waals surface area contributed by atoms with Crippen molar-refractivity contribution in [3.63, 3.8) is 0 Å². The summed E-state index contributed by atoms with van der Waals surface area (Å²) in [4.78, 5) is 27.0. The van der Waals surface area contributed by atoms with Crippen molar-refractivity contribution in [1.82, 2.24) is 15.6 Å². The maximum Gasteiger partial charge on any atom is 0.315 e. The van der Waals surface area contributed by atoms with Gasteiger partial charge in [0.15, 0.2) is 0 Å². The quantitative estimate of drug-likeness (QED) is 0.719. The molecule has 1 aromatic rings. The molecular weight excluding hydrogens is 278 g/mol. The van der Waals surface area contributed by atoms with Gasteiger partial charge in [0.2, 0.25) is 0 Å². The third kappa shape index (κ3) is 4.80. The zero-order valence-corrected chi connectivity index (χ0v) is 12.8. The summed E-state index contributed by atoms with van der Waals surface area (Å²) in [6, 6.07) is -0.382. The molecule has 0 aliphatic carbocycles. The molecule has 1 atom stereocenters. The van der Waals surface area contributed by atoms with Crippen LogP contribution in [0.15, 0.2) is 11.6 Å². The molecule has 1 heterocycles. The lowest BCUT2D eigenvalue weighted by molar-refractivity contribution is -0.141. The highest BCUT2D eigenvalue weighted by molar-refractivity contribution is 7.09. The lowest BCUT2D eigenvalue weighted by Crippen LogP contribution is -2.48. The number of aromatic nitrogens is 1. The number of carbonyl (C=O) groups excluding carboxylic acids is 1. The van der Waals surface area contributed by atoms with Gasteiger partial charge in [-0.05, 0) is 20.3 Å². The molecule has 1 aromatic heterocycles. The standard InChI is InChI=1S/C13H21N3O3S/c1-4-5-9(10(17)18)8-15-12(19)16-13(2,3)11-14-6-7-20-11/h6-7,9H,4-5,8H2,1-3H3,(H,17,18)(H2,15,16,19). The summed E-state index contributed by atoms with van der Waals surface area (Å²) in [5.41, 5.74) is -0.582. The Balaban J connectivity index is 2.49. The molecule has 6 nitrogen and oxygen atoms in total. The Morgan fingerprint density at radius 1 is 1.50 bits per heavy atom. The van der Waals surface area contributed by atoms with Gasteiger partial charge in [-0.25, -0.2) is 9.78 Å². The van der Waals surface area contributed by atoms with Crippen LogP contribution in [-0.4, -0.2) is 28.6 Å². The lowest BCUT2D eigenvalue weighted by atomic mass is 10.0. The number of urea groups is 1. The Labute approximate surface area is 122 Å². The first-order valence-electron chi connectivity index (χ1n) is 6.55. The number of carbonyl (C=O) groups is 2. The molecule has 20 heavy (non-hydrogen) atoms. The fourth-order valence-corrected chi connectivity index (χ4v) is 2.51. The van der Waals surface area contributed by atoms with E-state index >= 15 is 0 Å². The minimum Gasteiger partial charge on any atom is -0.481 e. The molecule has 0 saturated heterocycles. The summed E-state index contributed by atoms with van der Waals surface area (Å²) in [6.45, 7) is 5.75. The molecule has 0 bridgehead atoms. The smallest absolute Gasteiger partial charge is 0.315 e. The van der Waals surface area contributed by atoms with Gasteiger partial charge in [-0.3, -0.25) is 4.79 Å². The third-order valence-electron chi connectivity index (χ3n) is 2.89. The Kier molecular flexibility index (Phi) is 5.94. The van der Waals surface area contributed by atoms with E-state index in [1.54, 1.807) is 6.20 Å². The van der Waals surface area contributed by atoms with E-state index in [9.17, 15) is 9.59 Å². The number of thiazole rings is 1. The average molecular weight is 299 g/mol. The highest BCUT2D eigenvalue weighted by atomic mass is 32.1. The van der Waals surface area contributed by atoms with E-state index in [0.717, 1.165) is 11.4 Å². The van der Waals surface area contributed by atoms with Gasteiger partial charge in [-0.2, -0.15) is 0 Å². The van der Waals surface area contributed by atoms with Crippen molar-refractivity contribution in [2.45, 2.75) is 39.2 Å². The van der Waals surface area contributed by atoms with Crippen molar-refractivity contribution in [2.24, 2.45) is 5.92 Å². The fraction of sp³-hybridized carbons (Fsp3) is 0.615. The summed E-state index contributed by atoms with van der Waals surface area (Å²) in [6.07, 6.45) is 3.00. The largest absolute Gasteiger partial charge is 0.481 e. The van der Waals surface area contributed by atoms with Gasteiger partial charge >= 0.3 is 12.0 Å². The van der Waals surface area contributed by atoms with Crippen molar-refractivity contribution in [1.29, 1.82) is 0 Å². The Morgan fingerprint density at radius 2 is 2.20 bits per heavy atom. The molecule has 112 valence electrons. The van der Waals surface area contributed by atoms with E-state index in [4.69, 9.17) is 5.11 Å². The Hall–Kier alpha value is -1.63. The normalized spacial score (nSPS) is 12.8. The minimum absolute atomic E-state index is 0.128. The summed E-state index contributed by atoms with van der Waals surface area (Å²) < 4.78 is 0. The van der Waals surface area contributed by atoms with E-state index in [0.29, 0.717) is 6.42 Å². The van der Waals surface area contributed by atoms with E-state index in [1.807, 2.05) is 26.2 Å². The van der Waals surface area contributed by atoms with Gasteiger partial charge in [0.1, 0.15) is 5.01 Å². The van der Waals surface area contributed by atoms with Crippen LogP contribution in [0.5, 0.6) is 0 Å². The van der Waals surface area contributed by atoms with Gasteiger partial charge in [0.05, 0.1) is 11.5 Å². The van der Waals surface area contributed by atoms with Crippen molar-refractivity contribution in [2.75, 3.05) is 6.54 Å². The molecule has 0 fully saturated rings. The van der Waals surface area contributed by atoms with Gasteiger partial charge in [-0.1, -0.05) is 13.3 Å². The molecule has 0 aliphatic heterocycles. The zero-order chi connectivity index (χ0) is 15.2. The fourth-order valence-electron chi connectivity index (χ4n) is 1.79. The average Bonchev–Trinajstić information content (AvgIpc) is 2.87. The number of carboxylic acids is 1. The van der Waals surface area contributed by atoms with E-state index in [-0.39, 0.29) is 12.6 Å². The second kappa shape index (κ2) is 7.23. The van der Waals surface area contributed by atoms with Crippen LogP contribution in [0.3, 0.4) is 0 Å². The maximum absolute atomic E-state index is 11.8. The summed E-state index contributed by atoms with van der Waals surface area (Å²) >= 11 is 1.46. The number of nitrogens with zero attached hydrogens (tertiary/aromatic N) is 1. The summed E-state index contributed by atoms with van der Waals surface area (Å²) in [5, 5.41) is 17.1. The molecule has 0 radical (unpaired) electrons. The first kappa shape index (κ1) is 16.4. The van der Waals surface area contributed by atoms with Crippen molar-refractivity contribution < 1.29 is 14.7 Å². The van der Waals surface area contributed by atoms with E-state index in [2.05, 4.69) is 15.6 Å². The topological polar surface area (TPSA) is 91.3 Å². The number of hydrogen-bond acceptors (Lipinski definition) is 4. The highest BCUT2D eigenvalue weighted by Crippen LogP contribution is 2.21. The highest BCUT2D eigenvalue weighted by Gasteiger charge is 2.26. The number of hydrogen-bond donors (Lipinski definition) is 3. The third-order valence-corrected chi connectivity index (χ3v) is 3.99. The second-order valence-electron chi connectivity index (χ2n) is 5.12. The Bertz CT molecular complexity index is 446. The molecule has 1 rings (SSSR count). The summed E-state index contributed by atoms with van der Waals surface area (Å²) in [5.74, 6) is -1.43. The maximum atomic E-state index is 11.8. The zero-order valence-electron chi connectivity index (χ0n) is 12.0.